The van der Waals surface area contributed by atoms with Gasteiger partial charge in [0, 0.05) is 4.57 Å². The Hall–Kier alpha value is -0.400. The first kappa shape index (κ1) is 9.60. The SMILES string of the molecule is C=CO[P+](=O)OCC(C)C. The Balaban J connectivity index is 3.30. The minimum atomic E-state index is -1.98. The molecule has 0 amide bonds. The van der Waals surface area contributed by atoms with Gasteiger partial charge in [-0.1, -0.05) is 20.4 Å². The standard InChI is InChI=1S/C6H12O3P/c1-4-8-10(7)9-5-6(2)3/h4,6H,1,5H2,2-3H3/q+1. The molecule has 3 nitrogen and oxygen atoms in total. The van der Waals surface area contributed by atoms with Gasteiger partial charge in [0.25, 0.3) is 0 Å². The van der Waals surface area contributed by atoms with Crippen LogP contribution in [0.1, 0.15) is 13.8 Å². The van der Waals surface area contributed by atoms with Crippen LogP contribution in [0.5, 0.6) is 0 Å². The second kappa shape index (κ2) is 5.39. The number of rotatable bonds is 5. The summed E-state index contributed by atoms with van der Waals surface area (Å²) in [5.74, 6) is 0.368. The molecule has 0 rings (SSSR count). The van der Waals surface area contributed by atoms with E-state index in [-0.39, 0.29) is 0 Å². The molecule has 0 radical (unpaired) electrons. The van der Waals surface area contributed by atoms with Gasteiger partial charge in [-0.05, 0) is 5.92 Å². The molecule has 0 N–H and O–H groups in total. The monoisotopic (exact) mass is 163 g/mol. The predicted octanol–water partition coefficient (Wildman–Crippen LogP) is 2.48. The van der Waals surface area contributed by atoms with Crippen molar-refractivity contribution in [2.75, 3.05) is 6.61 Å². The molecule has 0 bridgehead atoms. The van der Waals surface area contributed by atoms with E-state index in [2.05, 4.69) is 11.1 Å². The van der Waals surface area contributed by atoms with Gasteiger partial charge >= 0.3 is 8.25 Å². The first-order chi connectivity index (χ1) is 4.66. The van der Waals surface area contributed by atoms with Crippen LogP contribution in [0.3, 0.4) is 0 Å². The highest BCUT2D eigenvalue weighted by molar-refractivity contribution is 7.33. The first-order valence-corrected chi connectivity index (χ1v) is 4.14. The van der Waals surface area contributed by atoms with Crippen LogP contribution >= 0.6 is 8.25 Å². The van der Waals surface area contributed by atoms with Crippen molar-refractivity contribution < 1.29 is 13.6 Å². The van der Waals surface area contributed by atoms with Crippen LogP contribution in [0.25, 0.3) is 0 Å². The molecule has 0 saturated heterocycles. The summed E-state index contributed by atoms with van der Waals surface area (Å²) in [6.07, 6.45) is 1.11. The molecular weight excluding hydrogens is 151 g/mol. The molecule has 4 heteroatoms. The van der Waals surface area contributed by atoms with E-state index in [1.807, 2.05) is 13.8 Å². The van der Waals surface area contributed by atoms with Gasteiger partial charge in [-0.15, -0.1) is 4.52 Å². The molecule has 0 aliphatic rings. The number of hydrogen-bond acceptors (Lipinski definition) is 3. The van der Waals surface area contributed by atoms with E-state index < -0.39 is 8.25 Å². The molecule has 0 spiro atoms. The molecule has 1 atom stereocenters. The van der Waals surface area contributed by atoms with Crippen molar-refractivity contribution in [2.45, 2.75) is 13.8 Å². The molecule has 0 aromatic rings. The summed E-state index contributed by atoms with van der Waals surface area (Å²) in [7, 11) is -1.98. The minimum Gasteiger partial charge on any atom is -0.238 e. The zero-order chi connectivity index (χ0) is 7.98. The van der Waals surface area contributed by atoms with Crippen LogP contribution in [0, 0.1) is 5.92 Å². The third-order valence-corrected chi connectivity index (χ3v) is 1.35. The normalized spacial score (nSPS) is 11.3. The maximum atomic E-state index is 10.6. The first-order valence-electron chi connectivity index (χ1n) is 3.04. The topological polar surface area (TPSA) is 35.5 Å². The third kappa shape index (κ3) is 5.73. The van der Waals surface area contributed by atoms with Crippen molar-refractivity contribution in [3.63, 3.8) is 0 Å². The van der Waals surface area contributed by atoms with Gasteiger partial charge in [-0.3, -0.25) is 0 Å². The largest absolute Gasteiger partial charge is 0.749 e. The van der Waals surface area contributed by atoms with Gasteiger partial charge in [-0.25, -0.2) is 4.52 Å². The second-order valence-electron chi connectivity index (χ2n) is 2.19. The lowest BCUT2D eigenvalue weighted by Gasteiger charge is -1.93. The van der Waals surface area contributed by atoms with Gasteiger partial charge in [0.2, 0.25) is 0 Å². The van der Waals surface area contributed by atoms with E-state index in [0.717, 1.165) is 6.26 Å². The minimum absolute atomic E-state index is 0.368. The Kier molecular flexibility index (Phi) is 5.17. The molecule has 0 aliphatic heterocycles. The highest BCUT2D eigenvalue weighted by Crippen LogP contribution is 2.24. The van der Waals surface area contributed by atoms with Gasteiger partial charge in [0.1, 0.15) is 12.9 Å². The van der Waals surface area contributed by atoms with Crippen molar-refractivity contribution in [3.8, 4) is 0 Å². The average Bonchev–Trinajstić information content (AvgIpc) is 1.85. The van der Waals surface area contributed by atoms with Gasteiger partial charge < -0.3 is 0 Å². The summed E-state index contributed by atoms with van der Waals surface area (Å²) in [4.78, 5) is 0. The molecule has 0 fully saturated rings. The van der Waals surface area contributed by atoms with Crippen molar-refractivity contribution in [1.82, 2.24) is 0 Å². The molecule has 10 heavy (non-hydrogen) atoms. The Morgan fingerprint density at radius 1 is 1.70 bits per heavy atom. The van der Waals surface area contributed by atoms with Gasteiger partial charge in [0.15, 0.2) is 0 Å². The lowest BCUT2D eigenvalue weighted by molar-refractivity contribution is 0.241. The summed E-state index contributed by atoms with van der Waals surface area (Å²) >= 11 is 0. The Morgan fingerprint density at radius 2 is 2.30 bits per heavy atom. The Labute approximate surface area is 62.0 Å². The van der Waals surface area contributed by atoms with Crippen LogP contribution < -0.4 is 0 Å². The van der Waals surface area contributed by atoms with E-state index in [1.54, 1.807) is 0 Å². The summed E-state index contributed by atoms with van der Waals surface area (Å²) in [5.41, 5.74) is 0. The summed E-state index contributed by atoms with van der Waals surface area (Å²) < 4.78 is 19.8. The van der Waals surface area contributed by atoms with Crippen molar-refractivity contribution in [1.29, 1.82) is 0 Å². The summed E-state index contributed by atoms with van der Waals surface area (Å²) in [6.45, 7) is 7.63. The number of hydrogen-bond donors (Lipinski definition) is 0. The Morgan fingerprint density at radius 3 is 2.70 bits per heavy atom. The summed E-state index contributed by atoms with van der Waals surface area (Å²) in [5, 5.41) is 0. The molecule has 0 aromatic heterocycles. The molecule has 0 saturated carbocycles. The second-order valence-corrected chi connectivity index (χ2v) is 3.10. The van der Waals surface area contributed by atoms with Crippen LogP contribution in [0.4, 0.5) is 0 Å². The third-order valence-electron chi connectivity index (χ3n) is 0.674. The maximum Gasteiger partial charge on any atom is 0.749 e. The highest BCUT2D eigenvalue weighted by atomic mass is 31.1. The van der Waals surface area contributed by atoms with Gasteiger partial charge in [-0.2, -0.15) is 0 Å². The molecular formula is C6H12O3P+. The zero-order valence-corrected chi connectivity index (χ0v) is 7.14. The predicted molar refractivity (Wildman–Crippen MR) is 39.7 cm³/mol. The highest BCUT2D eigenvalue weighted by Gasteiger charge is 2.18. The Bertz CT molecular complexity index is 122. The fraction of sp³-hybridized carbons (Fsp3) is 0.667. The van der Waals surface area contributed by atoms with Crippen molar-refractivity contribution >= 4 is 8.25 Å². The molecule has 0 aliphatic carbocycles. The van der Waals surface area contributed by atoms with E-state index in [9.17, 15) is 4.57 Å². The lowest BCUT2D eigenvalue weighted by Crippen LogP contribution is -1.95. The summed E-state index contributed by atoms with van der Waals surface area (Å²) in [6, 6.07) is 0. The van der Waals surface area contributed by atoms with Crippen LogP contribution in [0.15, 0.2) is 12.8 Å². The molecule has 0 aromatic carbocycles. The fourth-order valence-corrected chi connectivity index (χ4v) is 0.904. The van der Waals surface area contributed by atoms with E-state index in [4.69, 9.17) is 4.52 Å². The van der Waals surface area contributed by atoms with E-state index in [1.165, 1.54) is 0 Å². The van der Waals surface area contributed by atoms with Crippen LogP contribution in [0.2, 0.25) is 0 Å². The van der Waals surface area contributed by atoms with E-state index in [0.29, 0.717) is 12.5 Å². The van der Waals surface area contributed by atoms with E-state index >= 15 is 0 Å². The quantitative estimate of drug-likeness (QED) is 0.461. The smallest absolute Gasteiger partial charge is 0.238 e. The van der Waals surface area contributed by atoms with Gasteiger partial charge in [0.05, 0.1) is 0 Å². The van der Waals surface area contributed by atoms with Crippen molar-refractivity contribution in [3.05, 3.63) is 12.8 Å². The molecule has 58 valence electrons. The maximum absolute atomic E-state index is 10.6. The molecule has 0 heterocycles. The van der Waals surface area contributed by atoms with Crippen LogP contribution in [-0.2, 0) is 13.6 Å². The van der Waals surface area contributed by atoms with Crippen LogP contribution in [-0.4, -0.2) is 6.61 Å². The fourth-order valence-electron chi connectivity index (χ4n) is 0.301. The zero-order valence-electron chi connectivity index (χ0n) is 6.24. The van der Waals surface area contributed by atoms with Crippen molar-refractivity contribution in [2.24, 2.45) is 5.92 Å². The average molecular weight is 163 g/mol. The lowest BCUT2D eigenvalue weighted by atomic mass is 10.2. The molecule has 1 unspecified atom stereocenters.